The summed E-state index contributed by atoms with van der Waals surface area (Å²) in [7, 11) is -17.7. The zero-order valence-electron chi connectivity index (χ0n) is 25.3. The molecule has 0 bridgehead atoms. The number of phosphoric acid groups is 3. The van der Waals surface area contributed by atoms with Crippen molar-refractivity contribution in [2.75, 3.05) is 19.8 Å². The molecule has 0 aliphatic carbocycles. The summed E-state index contributed by atoms with van der Waals surface area (Å²) in [5.41, 5.74) is 5.55. The summed E-state index contributed by atoms with van der Waals surface area (Å²) in [6, 6.07) is -0.683. The molecule has 4 aliphatic rings. The fourth-order valence-electron chi connectivity index (χ4n) is 5.04. The van der Waals surface area contributed by atoms with E-state index in [2.05, 4.69) is 23.0 Å². The van der Waals surface area contributed by atoms with Gasteiger partial charge in [0.15, 0.2) is 12.6 Å². The van der Waals surface area contributed by atoms with E-state index < -0.39 is 135 Å². The number of carbonyl (C=O) groups is 1. The summed E-state index contributed by atoms with van der Waals surface area (Å²) in [6.07, 6.45) is -21.9. The summed E-state index contributed by atoms with van der Waals surface area (Å²) in [4.78, 5) is 43.0. The standard InChI is InChI=1S/C21H38N3O23P3/c22-11-1-2-24(21(33)23-11)12-3-7(27)10(41-12)6-40-48(34,35)46-50(38,39)47-49(36,37)45-20-17(32)15(30)18(9(5-26)43-20)44-19-16(31)14(29)13(28)8(4-25)42-19/h1-2,7-20,25-32H,3-6,22H2,(H,23,33)(H,34,35)(H,36,37)(H,38,39)/t7?,8?,9?,10-,11?,12-,13-,14+,15-,16?,17?,18-,19-,20-/m1/s1. The maximum Gasteiger partial charge on any atom is 0.490 e. The number of amides is 2. The van der Waals surface area contributed by atoms with Crippen LogP contribution < -0.4 is 11.1 Å². The van der Waals surface area contributed by atoms with Crippen LogP contribution in [0.15, 0.2) is 12.3 Å². The van der Waals surface area contributed by atoms with Gasteiger partial charge in [0.2, 0.25) is 0 Å². The van der Waals surface area contributed by atoms with Gasteiger partial charge in [-0.2, -0.15) is 8.62 Å². The van der Waals surface area contributed by atoms with Crippen LogP contribution in [0.2, 0.25) is 0 Å². The van der Waals surface area contributed by atoms with Crippen LogP contribution in [0.5, 0.6) is 0 Å². The van der Waals surface area contributed by atoms with E-state index in [1.165, 1.54) is 12.3 Å². The number of rotatable bonds is 14. The fraction of sp³-hybridized carbons (Fsp3) is 0.857. The number of phosphoric ester groups is 2. The van der Waals surface area contributed by atoms with Crippen molar-refractivity contribution < 1.29 is 111 Å². The number of hydrogen-bond donors (Lipinski definition) is 13. The Balaban J connectivity index is 1.31. The summed E-state index contributed by atoms with van der Waals surface area (Å²) in [6.45, 7) is -2.93. The Hall–Kier alpha value is -1.10. The minimum absolute atomic E-state index is 0.203. The Kier molecular flexibility index (Phi) is 13.7. The number of aliphatic hydroxyl groups is 8. The second kappa shape index (κ2) is 16.5. The van der Waals surface area contributed by atoms with Gasteiger partial charge in [-0.3, -0.25) is 13.9 Å². The molecule has 9 unspecified atom stereocenters. The molecule has 0 spiro atoms. The van der Waals surface area contributed by atoms with Gasteiger partial charge in [0.25, 0.3) is 0 Å². The number of nitrogens with zero attached hydrogens (tertiary/aromatic N) is 1. The lowest BCUT2D eigenvalue weighted by Crippen LogP contribution is -2.64. The number of urea groups is 1. The monoisotopic (exact) mass is 793 g/mol. The maximum absolute atomic E-state index is 12.5. The molecule has 0 aromatic rings. The number of hydrogen-bond acceptors (Lipinski definition) is 21. The molecular formula is C21H38N3O23P3. The lowest BCUT2D eigenvalue weighted by molar-refractivity contribution is -0.353. The minimum Gasteiger partial charge on any atom is -0.394 e. The van der Waals surface area contributed by atoms with Crippen molar-refractivity contribution in [3.05, 3.63) is 12.3 Å². The predicted octanol–water partition coefficient (Wildman–Crippen LogP) is -5.72. The van der Waals surface area contributed by atoms with Crippen LogP contribution in [0.1, 0.15) is 6.42 Å². The zero-order valence-corrected chi connectivity index (χ0v) is 27.9. The van der Waals surface area contributed by atoms with Gasteiger partial charge in [-0.15, -0.1) is 0 Å². The van der Waals surface area contributed by atoms with Crippen LogP contribution in [-0.2, 0) is 50.3 Å². The highest BCUT2D eigenvalue weighted by molar-refractivity contribution is 7.66. The highest BCUT2D eigenvalue weighted by atomic mass is 31.3. The number of ether oxygens (including phenoxy) is 4. The van der Waals surface area contributed by atoms with Crippen molar-refractivity contribution >= 4 is 29.5 Å². The topological polar surface area (TPSA) is 406 Å². The highest BCUT2D eigenvalue weighted by Gasteiger charge is 2.53. The second-order valence-corrected chi connectivity index (χ2v) is 15.7. The van der Waals surface area contributed by atoms with E-state index in [4.69, 9.17) is 24.7 Å². The summed E-state index contributed by atoms with van der Waals surface area (Å²) in [5.74, 6) is 0. The average Bonchev–Trinajstić information content (AvgIpc) is 3.38. The molecule has 0 saturated carbocycles. The van der Waals surface area contributed by atoms with Gasteiger partial charge in [0.1, 0.15) is 61.2 Å². The van der Waals surface area contributed by atoms with Gasteiger partial charge in [-0.05, 0) is 6.08 Å². The molecule has 3 fully saturated rings. The third kappa shape index (κ3) is 10.1. The lowest BCUT2D eigenvalue weighted by Gasteiger charge is -2.45. The van der Waals surface area contributed by atoms with Gasteiger partial charge in [0, 0.05) is 12.6 Å². The molecule has 2 amide bonds. The smallest absolute Gasteiger partial charge is 0.394 e. The van der Waals surface area contributed by atoms with Crippen LogP contribution in [-0.4, -0.2) is 172 Å². The van der Waals surface area contributed by atoms with Crippen molar-refractivity contribution in [3.63, 3.8) is 0 Å². The Morgan fingerprint density at radius 2 is 1.40 bits per heavy atom. The molecular weight excluding hydrogens is 755 g/mol. The molecule has 0 radical (unpaired) electrons. The van der Waals surface area contributed by atoms with Crippen molar-refractivity contribution in [3.8, 4) is 0 Å². The molecule has 4 heterocycles. The predicted molar refractivity (Wildman–Crippen MR) is 152 cm³/mol. The molecule has 17 atom stereocenters. The Morgan fingerprint density at radius 3 is 2.02 bits per heavy atom. The summed E-state index contributed by atoms with van der Waals surface area (Å²) < 4.78 is 75.2. The molecule has 14 N–H and O–H groups in total. The van der Waals surface area contributed by atoms with Gasteiger partial charge in [0.05, 0.1) is 32.1 Å². The third-order valence-corrected chi connectivity index (χ3v) is 11.8. The first kappa shape index (κ1) is 41.7. The van der Waals surface area contributed by atoms with Crippen molar-refractivity contribution in [1.29, 1.82) is 0 Å². The number of aliphatic hydroxyl groups excluding tert-OH is 8. The number of nitrogens with one attached hydrogen (secondary N) is 1. The van der Waals surface area contributed by atoms with E-state index in [1.54, 1.807) is 0 Å². The van der Waals surface area contributed by atoms with Crippen molar-refractivity contribution in [2.24, 2.45) is 5.73 Å². The zero-order chi connectivity index (χ0) is 37.3. The molecule has 3 saturated heterocycles. The fourth-order valence-corrected chi connectivity index (χ4v) is 8.63. The summed E-state index contributed by atoms with van der Waals surface area (Å²) in [5, 5.41) is 82.8. The normalized spacial score (nSPS) is 43.1. The van der Waals surface area contributed by atoms with E-state index in [0.717, 1.165) is 4.90 Å². The number of nitrogens with two attached hydrogens (primary N) is 1. The van der Waals surface area contributed by atoms with Gasteiger partial charge < -0.3 is 85.5 Å². The first-order valence-corrected chi connectivity index (χ1v) is 18.8. The van der Waals surface area contributed by atoms with E-state index in [1.807, 2.05) is 0 Å². The Bertz CT molecular complexity index is 1360. The molecule has 4 rings (SSSR count). The highest BCUT2D eigenvalue weighted by Crippen LogP contribution is 2.68. The quantitative estimate of drug-likeness (QED) is 0.0729. The lowest BCUT2D eigenvalue weighted by atomic mass is 9.97. The molecule has 0 aromatic heterocycles. The van der Waals surface area contributed by atoms with E-state index >= 15 is 0 Å². The SMILES string of the molecule is NC1C=CN([C@H]2CC(O)[C@@H](COP(=O)(O)OP(=O)(O)OP(=O)(O)O[C@H]3OC(CO)[C@@H](O[C@H]4OC(CO)[C@@H](O)[C@H](O)C4O)[C@H](O)C3O)O2)C(=O)N1. The molecule has 26 nitrogen and oxygen atoms in total. The van der Waals surface area contributed by atoms with Crippen LogP contribution in [0.25, 0.3) is 0 Å². The van der Waals surface area contributed by atoms with Crippen molar-refractivity contribution in [2.45, 2.75) is 92.4 Å². The minimum atomic E-state index is -6.09. The molecule has 4 aliphatic heterocycles. The van der Waals surface area contributed by atoms with Crippen LogP contribution in [0.4, 0.5) is 4.79 Å². The van der Waals surface area contributed by atoms with E-state index in [-0.39, 0.29) is 6.42 Å². The van der Waals surface area contributed by atoms with Crippen LogP contribution in [0, 0.1) is 0 Å². The largest absolute Gasteiger partial charge is 0.490 e. The molecule has 50 heavy (non-hydrogen) atoms. The second-order valence-electron chi connectivity index (χ2n) is 11.1. The molecule has 290 valence electrons. The van der Waals surface area contributed by atoms with Gasteiger partial charge in [-0.1, -0.05) is 0 Å². The van der Waals surface area contributed by atoms with E-state index in [0.29, 0.717) is 0 Å². The third-order valence-electron chi connectivity index (χ3n) is 7.51. The molecule has 0 aromatic carbocycles. The average molecular weight is 793 g/mol. The number of carbonyl (C=O) groups excluding carboxylic acids is 1. The first-order chi connectivity index (χ1) is 23.2. The van der Waals surface area contributed by atoms with Gasteiger partial charge >= 0.3 is 29.5 Å². The molecule has 29 heteroatoms. The van der Waals surface area contributed by atoms with E-state index in [9.17, 15) is 74.0 Å². The van der Waals surface area contributed by atoms with Crippen LogP contribution >= 0.6 is 23.5 Å². The van der Waals surface area contributed by atoms with Gasteiger partial charge in [-0.25, -0.2) is 18.5 Å². The first-order valence-electron chi connectivity index (χ1n) is 14.4. The summed E-state index contributed by atoms with van der Waals surface area (Å²) >= 11 is 0. The Labute approximate surface area is 280 Å². The maximum atomic E-state index is 12.5. The van der Waals surface area contributed by atoms with Crippen LogP contribution in [0.3, 0.4) is 0 Å². The Morgan fingerprint density at radius 1 is 0.800 bits per heavy atom. The van der Waals surface area contributed by atoms with Crippen molar-refractivity contribution in [1.82, 2.24) is 10.2 Å².